The minimum absolute atomic E-state index is 0.0822. The third kappa shape index (κ3) is 1.90. The molecule has 1 fully saturated rings. The molecule has 120 valence electrons. The number of aromatic amines is 2. The highest BCUT2D eigenvalue weighted by Crippen LogP contribution is 2.35. The predicted octanol–water partition coefficient (Wildman–Crippen LogP) is 4.00. The summed E-state index contributed by atoms with van der Waals surface area (Å²) in [6.45, 7) is 0. The van der Waals surface area contributed by atoms with Gasteiger partial charge in [-0.1, -0.05) is 25.3 Å². The third-order valence-electron chi connectivity index (χ3n) is 5.25. The van der Waals surface area contributed by atoms with Crippen LogP contribution in [0.1, 0.15) is 43.8 Å². The average molecular weight is 318 g/mol. The van der Waals surface area contributed by atoms with Crippen molar-refractivity contribution in [2.45, 2.75) is 38.0 Å². The van der Waals surface area contributed by atoms with Crippen molar-refractivity contribution in [2.75, 3.05) is 0 Å². The van der Waals surface area contributed by atoms with Crippen molar-refractivity contribution in [3.63, 3.8) is 0 Å². The molecule has 1 aromatic carbocycles. The molecule has 0 saturated heterocycles. The van der Waals surface area contributed by atoms with Gasteiger partial charge in [0.2, 0.25) is 0 Å². The summed E-state index contributed by atoms with van der Waals surface area (Å²) in [5, 5.41) is 2.47. The molecule has 0 unspecified atom stereocenters. The zero-order valence-corrected chi connectivity index (χ0v) is 13.3. The number of nitrogens with zero attached hydrogens (tertiary/aromatic N) is 2. The van der Waals surface area contributed by atoms with E-state index < -0.39 is 0 Å². The van der Waals surface area contributed by atoms with Gasteiger partial charge in [-0.05, 0) is 25.0 Å². The molecule has 5 rings (SSSR count). The van der Waals surface area contributed by atoms with E-state index in [1.54, 1.807) is 12.4 Å². The van der Waals surface area contributed by atoms with Gasteiger partial charge in [-0.25, -0.2) is 4.98 Å². The van der Waals surface area contributed by atoms with Crippen molar-refractivity contribution in [1.82, 2.24) is 19.9 Å². The quantitative estimate of drug-likeness (QED) is 0.521. The van der Waals surface area contributed by atoms with Gasteiger partial charge in [-0.15, -0.1) is 0 Å². The molecule has 5 nitrogen and oxygen atoms in total. The van der Waals surface area contributed by atoms with Gasteiger partial charge in [-0.2, -0.15) is 0 Å². The van der Waals surface area contributed by atoms with E-state index in [9.17, 15) is 4.79 Å². The van der Waals surface area contributed by atoms with Gasteiger partial charge in [0, 0.05) is 29.1 Å². The molecule has 1 aliphatic carbocycles. The zero-order valence-electron chi connectivity index (χ0n) is 13.3. The van der Waals surface area contributed by atoms with Crippen molar-refractivity contribution < 1.29 is 0 Å². The molecule has 0 spiro atoms. The molecule has 3 aromatic heterocycles. The number of imidazole rings is 1. The van der Waals surface area contributed by atoms with Crippen LogP contribution < -0.4 is 5.56 Å². The molecular weight excluding hydrogens is 300 g/mol. The van der Waals surface area contributed by atoms with E-state index in [0.717, 1.165) is 33.1 Å². The molecular formula is C19H18N4O. The Kier molecular flexibility index (Phi) is 2.95. The van der Waals surface area contributed by atoms with Crippen LogP contribution in [-0.4, -0.2) is 19.9 Å². The van der Waals surface area contributed by atoms with E-state index in [2.05, 4.69) is 15.0 Å². The Morgan fingerprint density at radius 1 is 1.04 bits per heavy atom. The van der Waals surface area contributed by atoms with E-state index in [-0.39, 0.29) is 5.56 Å². The van der Waals surface area contributed by atoms with Crippen LogP contribution in [0.25, 0.3) is 32.7 Å². The summed E-state index contributed by atoms with van der Waals surface area (Å²) < 4.78 is 0. The van der Waals surface area contributed by atoms with Crippen molar-refractivity contribution in [1.29, 1.82) is 0 Å². The fourth-order valence-electron chi connectivity index (χ4n) is 4.08. The van der Waals surface area contributed by atoms with Crippen LogP contribution in [0.5, 0.6) is 0 Å². The Morgan fingerprint density at radius 3 is 2.79 bits per heavy atom. The number of hydrogen-bond acceptors (Lipinski definition) is 3. The van der Waals surface area contributed by atoms with Gasteiger partial charge >= 0.3 is 0 Å². The summed E-state index contributed by atoms with van der Waals surface area (Å²) >= 11 is 0. The van der Waals surface area contributed by atoms with E-state index in [1.807, 2.05) is 18.2 Å². The number of fused-ring (bicyclic) bond motifs is 6. The molecule has 1 aliphatic rings. The Bertz CT molecular complexity index is 1120. The van der Waals surface area contributed by atoms with E-state index in [1.165, 1.54) is 32.1 Å². The molecule has 0 atom stereocenters. The molecule has 3 heterocycles. The smallest absolute Gasteiger partial charge is 0.256 e. The minimum atomic E-state index is -0.0822. The zero-order chi connectivity index (χ0) is 16.1. The van der Waals surface area contributed by atoms with Gasteiger partial charge in [0.05, 0.1) is 16.4 Å². The lowest BCUT2D eigenvalue weighted by molar-refractivity contribution is 0.431. The fraction of sp³-hybridized carbons (Fsp3) is 0.316. The maximum Gasteiger partial charge on any atom is 0.256 e. The second-order valence-corrected chi connectivity index (χ2v) is 6.68. The Balaban J connectivity index is 1.91. The summed E-state index contributed by atoms with van der Waals surface area (Å²) in [6, 6.07) is 5.78. The summed E-state index contributed by atoms with van der Waals surface area (Å²) in [5.74, 6) is 1.53. The second-order valence-electron chi connectivity index (χ2n) is 6.68. The normalized spacial score (nSPS) is 16.3. The van der Waals surface area contributed by atoms with Gasteiger partial charge in [-0.3, -0.25) is 9.78 Å². The maximum absolute atomic E-state index is 12.4. The average Bonchev–Trinajstić information content (AvgIpc) is 3.08. The van der Waals surface area contributed by atoms with E-state index in [0.29, 0.717) is 11.3 Å². The lowest BCUT2D eigenvalue weighted by Gasteiger charge is -2.18. The summed E-state index contributed by atoms with van der Waals surface area (Å²) in [7, 11) is 0. The molecule has 1 saturated carbocycles. The lowest BCUT2D eigenvalue weighted by atomic mass is 9.89. The molecule has 2 N–H and O–H groups in total. The predicted molar refractivity (Wildman–Crippen MR) is 95.3 cm³/mol. The molecule has 5 heteroatoms. The number of hydrogen-bond donors (Lipinski definition) is 2. The van der Waals surface area contributed by atoms with Crippen molar-refractivity contribution >= 4 is 32.7 Å². The van der Waals surface area contributed by atoms with Crippen LogP contribution in [0.15, 0.2) is 35.4 Å². The van der Waals surface area contributed by atoms with E-state index in [4.69, 9.17) is 4.98 Å². The van der Waals surface area contributed by atoms with Crippen LogP contribution >= 0.6 is 0 Å². The van der Waals surface area contributed by atoms with E-state index >= 15 is 0 Å². The highest BCUT2D eigenvalue weighted by molar-refractivity contribution is 6.21. The molecule has 24 heavy (non-hydrogen) atoms. The number of aromatic nitrogens is 4. The van der Waals surface area contributed by atoms with Crippen LogP contribution in [-0.2, 0) is 0 Å². The summed E-state index contributed by atoms with van der Waals surface area (Å²) in [4.78, 5) is 28.2. The standard InChI is InChI=1S/C19H18N4O/c24-19-14-12-7-4-9-20-15(12)17-16(13(14)8-10-21-19)22-18(23-17)11-5-2-1-3-6-11/h4,7-11H,1-3,5-6H2,(H,21,24)(H,22,23). The molecule has 0 bridgehead atoms. The topological polar surface area (TPSA) is 74.4 Å². The number of rotatable bonds is 1. The lowest BCUT2D eigenvalue weighted by Crippen LogP contribution is -2.06. The SMILES string of the molecule is O=c1[nH]ccc2c3[nH]c(C4CCCCC4)nc3c3ncccc3c12. The number of H-pyrrole nitrogens is 2. The first-order valence-corrected chi connectivity index (χ1v) is 8.60. The van der Waals surface area contributed by atoms with Gasteiger partial charge in [0.1, 0.15) is 11.3 Å². The summed E-state index contributed by atoms with van der Waals surface area (Å²) in [6.07, 6.45) is 9.68. The molecule has 4 aromatic rings. The Morgan fingerprint density at radius 2 is 1.92 bits per heavy atom. The number of nitrogens with one attached hydrogen (secondary N) is 2. The molecule has 0 aliphatic heterocycles. The van der Waals surface area contributed by atoms with Gasteiger partial charge in [0.15, 0.2) is 0 Å². The van der Waals surface area contributed by atoms with Crippen LogP contribution in [0.3, 0.4) is 0 Å². The van der Waals surface area contributed by atoms with Crippen LogP contribution in [0.2, 0.25) is 0 Å². The highest BCUT2D eigenvalue weighted by atomic mass is 16.1. The van der Waals surface area contributed by atoms with Gasteiger partial charge in [0.25, 0.3) is 5.56 Å². The third-order valence-corrected chi connectivity index (χ3v) is 5.25. The summed E-state index contributed by atoms with van der Waals surface area (Å²) in [5.41, 5.74) is 2.53. The number of benzene rings is 1. The van der Waals surface area contributed by atoms with Crippen molar-refractivity contribution in [3.8, 4) is 0 Å². The first kappa shape index (κ1) is 13.7. The fourth-order valence-corrected chi connectivity index (χ4v) is 4.08. The first-order chi connectivity index (χ1) is 11.8. The van der Waals surface area contributed by atoms with Gasteiger partial charge < -0.3 is 9.97 Å². The Hall–Kier alpha value is -2.69. The largest absolute Gasteiger partial charge is 0.341 e. The molecule has 0 amide bonds. The van der Waals surface area contributed by atoms with Crippen molar-refractivity contribution in [3.05, 3.63) is 46.8 Å². The first-order valence-electron chi connectivity index (χ1n) is 8.60. The van der Waals surface area contributed by atoms with Crippen LogP contribution in [0, 0.1) is 0 Å². The van der Waals surface area contributed by atoms with Crippen LogP contribution in [0.4, 0.5) is 0 Å². The highest BCUT2D eigenvalue weighted by Gasteiger charge is 2.21. The Labute approximate surface area is 138 Å². The second kappa shape index (κ2) is 5.16. The maximum atomic E-state index is 12.4. The molecule has 0 radical (unpaired) electrons. The van der Waals surface area contributed by atoms with Crippen molar-refractivity contribution in [2.24, 2.45) is 0 Å². The monoisotopic (exact) mass is 318 g/mol. The minimum Gasteiger partial charge on any atom is -0.341 e. The number of pyridine rings is 2.